The van der Waals surface area contributed by atoms with Crippen molar-refractivity contribution < 1.29 is 9.53 Å². The zero-order valence-corrected chi connectivity index (χ0v) is 14.9. The number of nitrogens with zero attached hydrogens (tertiary/aromatic N) is 2. The smallest absolute Gasteiger partial charge is 0.240 e. The molecule has 0 radical (unpaired) electrons. The molecule has 3 aromatic rings. The summed E-state index contributed by atoms with van der Waals surface area (Å²) in [5.41, 5.74) is 1.79. The molecule has 2 N–H and O–H groups in total. The molecule has 0 bridgehead atoms. The van der Waals surface area contributed by atoms with Gasteiger partial charge in [-0.05, 0) is 30.8 Å². The Hall–Kier alpha value is -2.86. The maximum atomic E-state index is 12.3. The Kier molecular flexibility index (Phi) is 6.22. The standard InChI is InChI=1S/C20H24N4O2/c1-2-21-12-13-22-20(25)14-24-18-11-7-6-10-17(18)23-19(24)15-26-16-8-4-3-5-9-16/h3-11,21H,2,12-15H2,1H3,(H,22,25). The van der Waals surface area contributed by atoms with E-state index in [0.29, 0.717) is 13.2 Å². The van der Waals surface area contributed by atoms with Crippen molar-refractivity contribution in [3.05, 3.63) is 60.4 Å². The second-order valence-corrected chi connectivity index (χ2v) is 5.91. The summed E-state index contributed by atoms with van der Waals surface area (Å²) in [6, 6.07) is 17.4. The van der Waals surface area contributed by atoms with Gasteiger partial charge < -0.3 is 19.9 Å². The van der Waals surface area contributed by atoms with Crippen LogP contribution in [0.3, 0.4) is 0 Å². The summed E-state index contributed by atoms with van der Waals surface area (Å²) in [6.07, 6.45) is 0. The molecule has 0 saturated carbocycles. The fraction of sp³-hybridized carbons (Fsp3) is 0.300. The first kappa shape index (κ1) is 17.9. The quantitative estimate of drug-likeness (QED) is 0.580. The highest BCUT2D eigenvalue weighted by atomic mass is 16.5. The minimum Gasteiger partial charge on any atom is -0.486 e. The first-order chi connectivity index (χ1) is 12.8. The maximum absolute atomic E-state index is 12.3. The predicted octanol–water partition coefficient (Wildman–Crippen LogP) is 2.34. The van der Waals surface area contributed by atoms with Gasteiger partial charge in [-0.15, -0.1) is 0 Å². The topological polar surface area (TPSA) is 68.2 Å². The third kappa shape index (κ3) is 4.61. The van der Waals surface area contributed by atoms with E-state index in [-0.39, 0.29) is 12.5 Å². The molecule has 1 amide bonds. The summed E-state index contributed by atoms with van der Waals surface area (Å²) in [4.78, 5) is 17.0. The van der Waals surface area contributed by atoms with Crippen LogP contribution in [-0.4, -0.2) is 35.1 Å². The molecule has 3 rings (SSSR count). The summed E-state index contributed by atoms with van der Waals surface area (Å²) in [7, 11) is 0. The molecule has 136 valence electrons. The number of rotatable bonds is 9. The second-order valence-electron chi connectivity index (χ2n) is 5.91. The van der Waals surface area contributed by atoms with Crippen LogP contribution >= 0.6 is 0 Å². The number of carbonyl (C=O) groups is 1. The number of benzene rings is 2. The van der Waals surface area contributed by atoms with E-state index >= 15 is 0 Å². The summed E-state index contributed by atoms with van der Waals surface area (Å²) in [5.74, 6) is 1.48. The lowest BCUT2D eigenvalue weighted by Crippen LogP contribution is -2.34. The molecule has 1 heterocycles. The van der Waals surface area contributed by atoms with E-state index in [4.69, 9.17) is 4.74 Å². The van der Waals surface area contributed by atoms with Crippen LogP contribution in [0.15, 0.2) is 54.6 Å². The molecule has 0 aliphatic rings. The van der Waals surface area contributed by atoms with Gasteiger partial charge in [0.05, 0.1) is 11.0 Å². The number of nitrogens with one attached hydrogen (secondary N) is 2. The summed E-state index contributed by atoms with van der Waals surface area (Å²) in [6.45, 7) is 4.83. The van der Waals surface area contributed by atoms with Crippen molar-refractivity contribution in [1.29, 1.82) is 0 Å². The van der Waals surface area contributed by atoms with Gasteiger partial charge in [-0.25, -0.2) is 4.98 Å². The molecule has 0 fully saturated rings. The van der Waals surface area contributed by atoms with Gasteiger partial charge in [0.2, 0.25) is 5.91 Å². The normalized spacial score (nSPS) is 10.8. The molecule has 2 aromatic carbocycles. The van der Waals surface area contributed by atoms with E-state index in [2.05, 4.69) is 15.6 Å². The molecular formula is C20H24N4O2. The predicted molar refractivity (Wildman–Crippen MR) is 102 cm³/mol. The van der Waals surface area contributed by atoms with E-state index in [1.54, 1.807) is 0 Å². The summed E-state index contributed by atoms with van der Waals surface area (Å²) < 4.78 is 7.75. The number of fused-ring (bicyclic) bond motifs is 1. The third-order valence-corrected chi connectivity index (χ3v) is 4.02. The van der Waals surface area contributed by atoms with Crippen LogP contribution in [0.4, 0.5) is 0 Å². The molecule has 0 atom stereocenters. The highest BCUT2D eigenvalue weighted by molar-refractivity contribution is 5.81. The van der Waals surface area contributed by atoms with Gasteiger partial charge in [0.1, 0.15) is 24.7 Å². The maximum Gasteiger partial charge on any atom is 0.240 e. The van der Waals surface area contributed by atoms with E-state index in [9.17, 15) is 4.79 Å². The first-order valence-electron chi connectivity index (χ1n) is 8.87. The van der Waals surface area contributed by atoms with Gasteiger partial charge in [0.25, 0.3) is 0 Å². The van der Waals surface area contributed by atoms with Crippen molar-refractivity contribution >= 4 is 16.9 Å². The van der Waals surface area contributed by atoms with Crippen molar-refractivity contribution in [3.63, 3.8) is 0 Å². The number of hydrogen-bond acceptors (Lipinski definition) is 4. The van der Waals surface area contributed by atoms with Crippen molar-refractivity contribution in [1.82, 2.24) is 20.2 Å². The Bertz CT molecular complexity index is 845. The number of ether oxygens (including phenoxy) is 1. The highest BCUT2D eigenvalue weighted by Gasteiger charge is 2.14. The molecular weight excluding hydrogens is 328 g/mol. The van der Waals surface area contributed by atoms with Crippen molar-refractivity contribution in [2.75, 3.05) is 19.6 Å². The van der Waals surface area contributed by atoms with E-state index < -0.39 is 0 Å². The van der Waals surface area contributed by atoms with Gasteiger partial charge in [0, 0.05) is 13.1 Å². The lowest BCUT2D eigenvalue weighted by Gasteiger charge is -2.11. The van der Waals surface area contributed by atoms with Crippen LogP contribution in [-0.2, 0) is 17.9 Å². The minimum atomic E-state index is -0.0352. The Morgan fingerprint density at radius 1 is 1.08 bits per heavy atom. The van der Waals surface area contributed by atoms with Crippen molar-refractivity contribution in [2.24, 2.45) is 0 Å². The largest absolute Gasteiger partial charge is 0.486 e. The lowest BCUT2D eigenvalue weighted by atomic mass is 10.3. The van der Waals surface area contributed by atoms with Crippen LogP contribution in [0.25, 0.3) is 11.0 Å². The zero-order chi connectivity index (χ0) is 18.2. The number of hydrogen-bond donors (Lipinski definition) is 2. The van der Waals surface area contributed by atoms with Crippen LogP contribution in [0.2, 0.25) is 0 Å². The molecule has 26 heavy (non-hydrogen) atoms. The van der Waals surface area contributed by atoms with E-state index in [0.717, 1.165) is 35.7 Å². The Balaban J connectivity index is 1.73. The van der Waals surface area contributed by atoms with Crippen LogP contribution in [0, 0.1) is 0 Å². The number of amides is 1. The molecule has 0 unspecified atom stereocenters. The van der Waals surface area contributed by atoms with Gasteiger partial charge in [-0.1, -0.05) is 37.3 Å². The Morgan fingerprint density at radius 2 is 1.85 bits per heavy atom. The van der Waals surface area contributed by atoms with E-state index in [1.165, 1.54) is 0 Å². The molecule has 0 spiro atoms. The molecule has 0 aliphatic heterocycles. The van der Waals surface area contributed by atoms with Crippen LogP contribution in [0.1, 0.15) is 12.7 Å². The number of likely N-dealkylation sites (N-methyl/N-ethyl adjacent to an activating group) is 1. The van der Waals surface area contributed by atoms with Crippen LogP contribution < -0.4 is 15.4 Å². The summed E-state index contributed by atoms with van der Waals surface area (Å²) in [5, 5.41) is 6.12. The average molecular weight is 352 g/mol. The molecule has 0 saturated heterocycles. The second kappa shape index (κ2) is 9.01. The first-order valence-corrected chi connectivity index (χ1v) is 8.87. The molecule has 6 nitrogen and oxygen atoms in total. The number of aromatic nitrogens is 2. The summed E-state index contributed by atoms with van der Waals surface area (Å²) >= 11 is 0. The molecule has 1 aromatic heterocycles. The average Bonchev–Trinajstić information content (AvgIpc) is 3.02. The molecule has 0 aliphatic carbocycles. The highest BCUT2D eigenvalue weighted by Crippen LogP contribution is 2.18. The number of imidazole rings is 1. The fourth-order valence-electron chi connectivity index (χ4n) is 2.74. The van der Waals surface area contributed by atoms with E-state index in [1.807, 2.05) is 66.1 Å². The minimum absolute atomic E-state index is 0.0352. The third-order valence-electron chi connectivity index (χ3n) is 4.02. The van der Waals surface area contributed by atoms with Gasteiger partial charge >= 0.3 is 0 Å². The monoisotopic (exact) mass is 352 g/mol. The Labute approximate surface area is 153 Å². The van der Waals surface area contributed by atoms with Gasteiger partial charge in [-0.2, -0.15) is 0 Å². The van der Waals surface area contributed by atoms with Gasteiger partial charge in [-0.3, -0.25) is 4.79 Å². The van der Waals surface area contributed by atoms with Crippen molar-refractivity contribution in [3.8, 4) is 5.75 Å². The SMILES string of the molecule is CCNCCNC(=O)Cn1c(COc2ccccc2)nc2ccccc21. The van der Waals surface area contributed by atoms with Crippen molar-refractivity contribution in [2.45, 2.75) is 20.1 Å². The number of carbonyl (C=O) groups excluding carboxylic acids is 1. The van der Waals surface area contributed by atoms with Crippen LogP contribution in [0.5, 0.6) is 5.75 Å². The number of para-hydroxylation sites is 3. The zero-order valence-electron chi connectivity index (χ0n) is 14.9. The lowest BCUT2D eigenvalue weighted by molar-refractivity contribution is -0.121. The van der Waals surface area contributed by atoms with Gasteiger partial charge in [0.15, 0.2) is 0 Å². The Morgan fingerprint density at radius 3 is 2.65 bits per heavy atom. The fourth-order valence-corrected chi connectivity index (χ4v) is 2.74. The molecule has 6 heteroatoms.